The third-order valence-electron chi connectivity index (χ3n) is 1.08. The third-order valence-corrected chi connectivity index (χ3v) is 1.08. The Hall–Kier alpha value is -0.860. The van der Waals surface area contributed by atoms with Crippen LogP contribution in [0.2, 0.25) is 0 Å². The lowest BCUT2D eigenvalue weighted by atomic mass is 10.4. The fourth-order valence-corrected chi connectivity index (χ4v) is 0.427. The summed E-state index contributed by atoms with van der Waals surface area (Å²) in [7, 11) is 0. The van der Waals surface area contributed by atoms with E-state index in [0.29, 0.717) is 0 Å². The maximum absolute atomic E-state index is 3.96. The van der Waals surface area contributed by atoms with E-state index in [1.54, 1.807) is 6.33 Å². The fourth-order valence-electron chi connectivity index (χ4n) is 0.427. The van der Waals surface area contributed by atoms with Crippen molar-refractivity contribution in [2.45, 2.75) is 13.8 Å². The number of aromatic amines is 1. The Balaban J connectivity index is 0.000000490. The molecule has 1 heterocycles. The Morgan fingerprint density at radius 1 is 1.50 bits per heavy atom. The molecule has 0 atom stereocenters. The predicted octanol–water partition coefficient (Wildman–Crippen LogP) is 1.18. The molecule has 46 valence electrons. The van der Waals surface area contributed by atoms with Gasteiger partial charge in [0.1, 0.15) is 0 Å². The van der Waals surface area contributed by atoms with E-state index >= 15 is 0 Å². The Morgan fingerprint density at radius 2 is 2.12 bits per heavy atom. The first kappa shape index (κ1) is 7.14. The Labute approximate surface area is 47.3 Å². The van der Waals surface area contributed by atoms with Crippen molar-refractivity contribution in [1.29, 1.82) is 0 Å². The predicted molar refractivity (Wildman–Crippen MR) is 30.6 cm³/mol. The van der Waals surface area contributed by atoms with Gasteiger partial charge in [-0.05, 0) is 13.8 Å². The SMILES string of the molecule is Cc1nc[nH]c1C.F. The van der Waals surface area contributed by atoms with E-state index in [1.165, 1.54) is 0 Å². The van der Waals surface area contributed by atoms with Gasteiger partial charge in [-0.1, -0.05) is 0 Å². The molecule has 0 saturated heterocycles. The summed E-state index contributed by atoms with van der Waals surface area (Å²) < 4.78 is 0. The molecule has 0 fully saturated rings. The van der Waals surface area contributed by atoms with E-state index in [2.05, 4.69) is 9.97 Å². The second-order valence-electron chi connectivity index (χ2n) is 1.61. The average molecular weight is 116 g/mol. The van der Waals surface area contributed by atoms with Gasteiger partial charge in [0, 0.05) is 5.69 Å². The lowest BCUT2D eigenvalue weighted by Gasteiger charge is -1.79. The van der Waals surface area contributed by atoms with Crippen molar-refractivity contribution in [3.8, 4) is 0 Å². The second-order valence-corrected chi connectivity index (χ2v) is 1.61. The maximum Gasteiger partial charge on any atom is 0.0925 e. The van der Waals surface area contributed by atoms with Crippen molar-refractivity contribution in [1.82, 2.24) is 9.97 Å². The summed E-state index contributed by atoms with van der Waals surface area (Å²) >= 11 is 0. The molecule has 0 radical (unpaired) electrons. The van der Waals surface area contributed by atoms with Crippen LogP contribution in [-0.4, -0.2) is 9.97 Å². The van der Waals surface area contributed by atoms with Crippen molar-refractivity contribution in [2.24, 2.45) is 0 Å². The molecule has 0 aliphatic heterocycles. The van der Waals surface area contributed by atoms with Crippen LogP contribution in [0.3, 0.4) is 0 Å². The number of imidazole rings is 1. The van der Waals surface area contributed by atoms with Crippen molar-refractivity contribution in [3.63, 3.8) is 0 Å². The number of aromatic nitrogens is 2. The zero-order valence-electron chi connectivity index (χ0n) is 4.93. The zero-order chi connectivity index (χ0) is 5.28. The van der Waals surface area contributed by atoms with Crippen LogP contribution in [0.15, 0.2) is 6.33 Å². The summed E-state index contributed by atoms with van der Waals surface area (Å²) in [6.45, 7) is 3.98. The smallest absolute Gasteiger partial charge is 0.0925 e. The summed E-state index contributed by atoms with van der Waals surface area (Å²) in [6.07, 6.45) is 1.70. The molecule has 1 aromatic heterocycles. The number of nitrogens with one attached hydrogen (secondary N) is 1. The first-order chi connectivity index (χ1) is 3.30. The highest BCUT2D eigenvalue weighted by Gasteiger charge is 1.87. The number of hydrogen-bond acceptors (Lipinski definition) is 1. The summed E-state index contributed by atoms with van der Waals surface area (Å²) in [5.74, 6) is 0. The molecule has 0 amide bonds. The van der Waals surface area contributed by atoms with Crippen LogP contribution in [0.5, 0.6) is 0 Å². The van der Waals surface area contributed by atoms with Crippen molar-refractivity contribution >= 4 is 0 Å². The van der Waals surface area contributed by atoms with Crippen molar-refractivity contribution < 1.29 is 4.70 Å². The molecule has 1 aromatic rings. The molecular formula is C5H9FN2. The first-order valence-electron chi connectivity index (χ1n) is 2.27. The van der Waals surface area contributed by atoms with Crippen molar-refractivity contribution in [2.75, 3.05) is 0 Å². The van der Waals surface area contributed by atoms with Gasteiger partial charge in [0.05, 0.1) is 12.0 Å². The van der Waals surface area contributed by atoms with E-state index in [0.717, 1.165) is 11.4 Å². The minimum absolute atomic E-state index is 0. The van der Waals surface area contributed by atoms with E-state index in [-0.39, 0.29) is 4.70 Å². The highest BCUT2D eigenvalue weighted by molar-refractivity contribution is 5.04. The number of H-pyrrole nitrogens is 1. The van der Waals surface area contributed by atoms with Gasteiger partial charge in [-0.3, -0.25) is 4.70 Å². The molecule has 0 unspecified atom stereocenters. The summed E-state index contributed by atoms with van der Waals surface area (Å²) in [5, 5.41) is 0. The van der Waals surface area contributed by atoms with Crippen LogP contribution in [0.25, 0.3) is 0 Å². The third kappa shape index (κ3) is 1.05. The maximum atomic E-state index is 3.96. The van der Waals surface area contributed by atoms with E-state index in [4.69, 9.17) is 0 Å². The molecule has 0 aliphatic carbocycles. The highest BCUT2D eigenvalue weighted by Crippen LogP contribution is 1.94. The molecule has 0 saturated carbocycles. The molecular weight excluding hydrogens is 107 g/mol. The van der Waals surface area contributed by atoms with Crippen LogP contribution in [0, 0.1) is 13.8 Å². The fraction of sp³-hybridized carbons (Fsp3) is 0.400. The van der Waals surface area contributed by atoms with Crippen LogP contribution >= 0.6 is 0 Å². The van der Waals surface area contributed by atoms with E-state index in [9.17, 15) is 0 Å². The molecule has 0 bridgehead atoms. The summed E-state index contributed by atoms with van der Waals surface area (Å²) in [6, 6.07) is 0. The molecule has 0 aliphatic rings. The largest absolute Gasteiger partial charge is 0.348 e. The minimum atomic E-state index is 0. The van der Waals surface area contributed by atoms with Crippen LogP contribution < -0.4 is 0 Å². The topological polar surface area (TPSA) is 28.7 Å². The standard InChI is InChI=1S/C5H8N2.FH/c1-4-5(2)7-3-6-4;/h3H,1-2H3,(H,6,7);1H. The number of rotatable bonds is 0. The molecule has 1 N–H and O–H groups in total. The van der Waals surface area contributed by atoms with Crippen LogP contribution in [0.1, 0.15) is 11.4 Å². The lowest BCUT2D eigenvalue weighted by Crippen LogP contribution is -1.71. The quantitative estimate of drug-likeness (QED) is 0.541. The monoisotopic (exact) mass is 116 g/mol. The number of nitrogens with zero attached hydrogens (tertiary/aromatic N) is 1. The number of hydrogen-bond donors (Lipinski definition) is 1. The van der Waals surface area contributed by atoms with Crippen LogP contribution in [0.4, 0.5) is 4.70 Å². The Kier molecular flexibility index (Phi) is 2.19. The summed E-state index contributed by atoms with van der Waals surface area (Å²) in [4.78, 5) is 6.92. The van der Waals surface area contributed by atoms with Crippen LogP contribution in [-0.2, 0) is 0 Å². The van der Waals surface area contributed by atoms with Gasteiger partial charge >= 0.3 is 0 Å². The van der Waals surface area contributed by atoms with Gasteiger partial charge in [0.15, 0.2) is 0 Å². The van der Waals surface area contributed by atoms with Gasteiger partial charge in [-0.2, -0.15) is 0 Å². The zero-order valence-corrected chi connectivity index (χ0v) is 4.93. The van der Waals surface area contributed by atoms with Gasteiger partial charge < -0.3 is 4.98 Å². The molecule has 2 nitrogen and oxygen atoms in total. The van der Waals surface area contributed by atoms with Crippen molar-refractivity contribution in [3.05, 3.63) is 17.7 Å². The highest BCUT2D eigenvalue weighted by atomic mass is 19.0. The summed E-state index contributed by atoms with van der Waals surface area (Å²) in [5.41, 5.74) is 2.24. The number of halogens is 1. The molecule has 0 aromatic carbocycles. The lowest BCUT2D eigenvalue weighted by molar-refractivity contribution is 1.11. The van der Waals surface area contributed by atoms with Gasteiger partial charge in [-0.25, -0.2) is 4.98 Å². The second kappa shape index (κ2) is 2.45. The molecule has 1 rings (SSSR count). The average Bonchev–Trinajstić information content (AvgIpc) is 1.91. The van der Waals surface area contributed by atoms with E-state index < -0.39 is 0 Å². The van der Waals surface area contributed by atoms with Gasteiger partial charge in [0.25, 0.3) is 0 Å². The minimum Gasteiger partial charge on any atom is -0.348 e. The van der Waals surface area contributed by atoms with Gasteiger partial charge in [-0.15, -0.1) is 0 Å². The molecule has 8 heavy (non-hydrogen) atoms. The van der Waals surface area contributed by atoms with Gasteiger partial charge in [0.2, 0.25) is 0 Å². The normalized spacial score (nSPS) is 8.25. The molecule has 3 heteroatoms. The molecule has 0 spiro atoms. The Morgan fingerprint density at radius 3 is 2.25 bits per heavy atom. The van der Waals surface area contributed by atoms with E-state index in [1.807, 2.05) is 13.8 Å². The number of aryl methyl sites for hydroxylation is 2. The first-order valence-corrected chi connectivity index (χ1v) is 2.27. The Bertz CT molecular complexity index is 143.